The number of rotatable bonds is 6. The minimum Gasteiger partial charge on any atom is -0.323 e. The zero-order valence-corrected chi connectivity index (χ0v) is 14.0. The lowest BCUT2D eigenvalue weighted by molar-refractivity contribution is -0.116. The molecule has 2 rings (SSSR count). The van der Waals surface area contributed by atoms with Crippen LogP contribution < -0.4 is 10.0 Å². The van der Waals surface area contributed by atoms with Gasteiger partial charge in [-0.3, -0.25) is 4.79 Å². The van der Waals surface area contributed by atoms with Crippen molar-refractivity contribution in [3.05, 3.63) is 59.4 Å². The van der Waals surface area contributed by atoms with Crippen LogP contribution in [0.2, 0.25) is 0 Å². The Morgan fingerprint density at radius 3 is 2.20 bits per heavy atom. The molecule has 0 heterocycles. The van der Waals surface area contributed by atoms with E-state index in [0.29, 0.717) is 17.7 Å². The van der Waals surface area contributed by atoms with Gasteiger partial charge in [-0.05, 0) is 31.2 Å². The molecule has 0 aliphatic carbocycles. The zero-order chi connectivity index (χ0) is 18.6. The van der Waals surface area contributed by atoms with Gasteiger partial charge in [-0.15, -0.1) is 0 Å². The molecule has 5 nitrogen and oxygen atoms in total. The first-order valence-corrected chi connectivity index (χ1v) is 8.68. The highest BCUT2D eigenvalue weighted by Crippen LogP contribution is 2.19. The van der Waals surface area contributed by atoms with Gasteiger partial charge in [0.25, 0.3) is 0 Å². The molecule has 25 heavy (non-hydrogen) atoms. The molecule has 2 N–H and O–H groups in total. The van der Waals surface area contributed by atoms with E-state index in [9.17, 15) is 26.4 Å². The van der Waals surface area contributed by atoms with E-state index >= 15 is 0 Å². The Hall–Kier alpha value is -2.39. The van der Waals surface area contributed by atoms with Crippen LogP contribution >= 0.6 is 0 Å². The van der Waals surface area contributed by atoms with Crippen molar-refractivity contribution in [3.63, 3.8) is 0 Å². The van der Waals surface area contributed by atoms with E-state index in [-0.39, 0.29) is 17.7 Å². The van der Waals surface area contributed by atoms with Crippen molar-refractivity contribution in [2.45, 2.75) is 17.7 Å². The number of amides is 1. The van der Waals surface area contributed by atoms with Crippen LogP contribution in [0.4, 0.5) is 18.9 Å². The summed E-state index contributed by atoms with van der Waals surface area (Å²) in [6.07, 6.45) is 0.216. The average Bonchev–Trinajstić information content (AvgIpc) is 2.58. The van der Waals surface area contributed by atoms with Crippen LogP contribution in [0.1, 0.15) is 12.0 Å². The van der Waals surface area contributed by atoms with Crippen LogP contribution in [0, 0.1) is 17.5 Å². The molecule has 0 fully saturated rings. The fraction of sp³-hybridized carbons (Fsp3) is 0.188. The summed E-state index contributed by atoms with van der Waals surface area (Å²) in [5.41, 5.74) is 0.246. The molecule has 0 saturated heterocycles. The summed E-state index contributed by atoms with van der Waals surface area (Å²) in [5, 5.41) is 2.17. The number of halogens is 3. The molecule has 0 aliphatic rings. The molecule has 0 bridgehead atoms. The van der Waals surface area contributed by atoms with Gasteiger partial charge < -0.3 is 5.32 Å². The lowest BCUT2D eigenvalue weighted by Crippen LogP contribution is -2.18. The summed E-state index contributed by atoms with van der Waals surface area (Å²) in [5.74, 6) is -4.27. The van der Waals surface area contributed by atoms with Gasteiger partial charge in [-0.25, -0.2) is 26.3 Å². The van der Waals surface area contributed by atoms with E-state index < -0.39 is 39.1 Å². The molecule has 0 spiro atoms. The normalized spacial score (nSPS) is 11.4. The summed E-state index contributed by atoms with van der Waals surface area (Å²) in [7, 11) is -2.24. The number of aryl methyl sites for hydroxylation is 1. The fourth-order valence-electron chi connectivity index (χ4n) is 2.04. The van der Waals surface area contributed by atoms with E-state index in [1.54, 1.807) is 12.1 Å². The molecule has 1 amide bonds. The number of hydrogen-bond acceptors (Lipinski definition) is 3. The second-order valence-corrected chi connectivity index (χ2v) is 7.03. The monoisotopic (exact) mass is 372 g/mol. The molecule has 2 aromatic carbocycles. The molecule has 0 radical (unpaired) electrons. The second-order valence-electron chi connectivity index (χ2n) is 5.15. The average molecular weight is 372 g/mol. The molecular weight excluding hydrogens is 357 g/mol. The first-order valence-electron chi connectivity index (χ1n) is 7.20. The van der Waals surface area contributed by atoms with Crippen LogP contribution in [-0.2, 0) is 21.2 Å². The van der Waals surface area contributed by atoms with Gasteiger partial charge in [0, 0.05) is 18.6 Å². The Morgan fingerprint density at radius 1 is 1.00 bits per heavy atom. The third kappa shape index (κ3) is 4.80. The predicted molar refractivity (Wildman–Crippen MR) is 86.0 cm³/mol. The first-order chi connectivity index (χ1) is 11.7. The molecule has 0 unspecified atom stereocenters. The standard InChI is InChI=1S/C16H15F3N2O3S/c1-20-25(23,24)11-5-2-10(3-6-11)4-7-16(22)21-15-9-13(18)12(17)8-14(15)19/h2-3,5-6,8-9,20H,4,7H2,1H3,(H,21,22). The van der Waals surface area contributed by atoms with Gasteiger partial charge in [-0.2, -0.15) is 0 Å². The Morgan fingerprint density at radius 2 is 1.60 bits per heavy atom. The van der Waals surface area contributed by atoms with E-state index in [0.717, 1.165) is 0 Å². The smallest absolute Gasteiger partial charge is 0.240 e. The highest BCUT2D eigenvalue weighted by Gasteiger charge is 2.13. The number of hydrogen-bond donors (Lipinski definition) is 2. The van der Waals surface area contributed by atoms with E-state index in [1.165, 1.54) is 19.2 Å². The highest BCUT2D eigenvalue weighted by molar-refractivity contribution is 7.89. The maximum Gasteiger partial charge on any atom is 0.240 e. The maximum atomic E-state index is 13.5. The molecule has 2 aromatic rings. The number of anilines is 1. The lowest BCUT2D eigenvalue weighted by Gasteiger charge is -2.08. The second kappa shape index (κ2) is 7.66. The minimum atomic E-state index is -3.54. The van der Waals surface area contributed by atoms with Gasteiger partial charge >= 0.3 is 0 Å². The summed E-state index contributed by atoms with van der Waals surface area (Å²) >= 11 is 0. The fourth-order valence-corrected chi connectivity index (χ4v) is 2.77. The van der Waals surface area contributed by atoms with Crippen molar-refractivity contribution in [3.8, 4) is 0 Å². The van der Waals surface area contributed by atoms with Crippen molar-refractivity contribution in [1.82, 2.24) is 4.72 Å². The molecule has 0 atom stereocenters. The summed E-state index contributed by atoms with van der Waals surface area (Å²) in [6, 6.07) is 6.82. The lowest BCUT2D eigenvalue weighted by atomic mass is 10.1. The summed E-state index contributed by atoms with van der Waals surface area (Å²) < 4.78 is 64.7. The first kappa shape index (κ1) is 18.9. The van der Waals surface area contributed by atoms with Crippen molar-refractivity contribution < 1.29 is 26.4 Å². The van der Waals surface area contributed by atoms with Gasteiger partial charge in [0.05, 0.1) is 10.6 Å². The molecular formula is C16H15F3N2O3S. The zero-order valence-electron chi connectivity index (χ0n) is 13.1. The van der Waals surface area contributed by atoms with Crippen molar-refractivity contribution in [2.24, 2.45) is 0 Å². The third-order valence-electron chi connectivity index (χ3n) is 3.43. The van der Waals surface area contributed by atoms with Crippen LogP contribution in [0.5, 0.6) is 0 Å². The van der Waals surface area contributed by atoms with Crippen LogP contribution in [-0.4, -0.2) is 21.4 Å². The van der Waals surface area contributed by atoms with Crippen molar-refractivity contribution in [1.29, 1.82) is 0 Å². The Bertz CT molecular complexity index is 884. The van der Waals surface area contributed by atoms with E-state index in [2.05, 4.69) is 10.0 Å². The molecule has 0 aliphatic heterocycles. The van der Waals surface area contributed by atoms with Crippen LogP contribution in [0.15, 0.2) is 41.3 Å². The van der Waals surface area contributed by atoms with E-state index in [1.807, 2.05) is 0 Å². The highest BCUT2D eigenvalue weighted by atomic mass is 32.2. The number of sulfonamides is 1. The molecule has 134 valence electrons. The quantitative estimate of drug-likeness (QED) is 0.766. The largest absolute Gasteiger partial charge is 0.323 e. The number of nitrogens with one attached hydrogen (secondary N) is 2. The minimum absolute atomic E-state index is 0.0451. The van der Waals surface area contributed by atoms with Crippen LogP contribution in [0.3, 0.4) is 0 Å². The van der Waals surface area contributed by atoms with Gasteiger partial charge in [-0.1, -0.05) is 12.1 Å². The number of carbonyl (C=O) groups is 1. The number of carbonyl (C=O) groups excluding carboxylic acids is 1. The van der Waals surface area contributed by atoms with E-state index in [4.69, 9.17) is 0 Å². The Labute approximate surface area is 142 Å². The summed E-state index contributed by atoms with van der Waals surface area (Å²) in [6.45, 7) is 0. The molecule has 0 aromatic heterocycles. The van der Waals surface area contributed by atoms with Crippen LogP contribution in [0.25, 0.3) is 0 Å². The SMILES string of the molecule is CNS(=O)(=O)c1ccc(CCC(=O)Nc2cc(F)c(F)cc2F)cc1. The van der Waals surface area contributed by atoms with Gasteiger partial charge in [0.1, 0.15) is 5.82 Å². The number of benzene rings is 2. The Balaban J connectivity index is 1.97. The van der Waals surface area contributed by atoms with Gasteiger partial charge in [0.15, 0.2) is 11.6 Å². The predicted octanol–water partition coefficient (Wildman–Crippen LogP) is 2.58. The molecule has 9 heteroatoms. The maximum absolute atomic E-state index is 13.5. The van der Waals surface area contributed by atoms with Gasteiger partial charge in [0.2, 0.25) is 15.9 Å². The van der Waals surface area contributed by atoms with Crippen molar-refractivity contribution >= 4 is 21.6 Å². The topological polar surface area (TPSA) is 75.3 Å². The third-order valence-corrected chi connectivity index (χ3v) is 4.86. The summed E-state index contributed by atoms with van der Waals surface area (Å²) in [4.78, 5) is 11.9. The Kier molecular flexibility index (Phi) is 5.81. The molecule has 0 saturated carbocycles. The van der Waals surface area contributed by atoms with Crippen molar-refractivity contribution in [2.75, 3.05) is 12.4 Å².